The number of pyridine rings is 1. The first-order valence-corrected chi connectivity index (χ1v) is 13.2. The summed E-state index contributed by atoms with van der Waals surface area (Å²) in [7, 11) is 0. The molecule has 0 radical (unpaired) electrons. The lowest BCUT2D eigenvalue weighted by Gasteiger charge is -2.16. The highest BCUT2D eigenvalue weighted by atomic mass is 19.1. The van der Waals surface area contributed by atoms with Crippen LogP contribution in [0, 0.1) is 5.82 Å². The van der Waals surface area contributed by atoms with Gasteiger partial charge >= 0.3 is 5.97 Å². The fourth-order valence-electron chi connectivity index (χ4n) is 5.16. The highest BCUT2D eigenvalue weighted by Gasteiger charge is 2.20. The first kappa shape index (κ1) is 26.0. The summed E-state index contributed by atoms with van der Waals surface area (Å²) in [6.45, 7) is 1.86. The van der Waals surface area contributed by atoms with E-state index in [1.54, 1.807) is 30.6 Å². The minimum Gasteiger partial charge on any atom is -0.478 e. The lowest BCUT2D eigenvalue weighted by Crippen LogP contribution is -2.27. The van der Waals surface area contributed by atoms with Crippen molar-refractivity contribution < 1.29 is 19.1 Å². The molecule has 0 aliphatic rings. The lowest BCUT2D eigenvalue weighted by molar-refractivity contribution is 0.0696. The van der Waals surface area contributed by atoms with E-state index in [4.69, 9.17) is 0 Å². The van der Waals surface area contributed by atoms with Crippen LogP contribution in [-0.2, 0) is 6.42 Å². The second kappa shape index (κ2) is 10.7. The molecule has 2 N–H and O–H groups in total. The molecule has 0 aliphatic heterocycles. The van der Waals surface area contributed by atoms with E-state index >= 15 is 0 Å². The number of aromatic nitrogens is 2. The lowest BCUT2D eigenvalue weighted by atomic mass is 10.00. The van der Waals surface area contributed by atoms with Crippen LogP contribution >= 0.6 is 0 Å². The highest BCUT2D eigenvalue weighted by molar-refractivity contribution is 6.03. The number of imidazole rings is 1. The van der Waals surface area contributed by atoms with E-state index in [1.807, 2.05) is 72.1 Å². The monoisotopic (exact) mass is 543 g/mol. The summed E-state index contributed by atoms with van der Waals surface area (Å²) in [5.74, 6) is -1.54. The van der Waals surface area contributed by atoms with Crippen LogP contribution in [0.15, 0.2) is 110 Å². The molecule has 4 aromatic carbocycles. The van der Waals surface area contributed by atoms with Crippen LogP contribution in [0.5, 0.6) is 0 Å². The van der Waals surface area contributed by atoms with Gasteiger partial charge in [0.2, 0.25) is 0 Å². The first-order valence-electron chi connectivity index (χ1n) is 13.2. The van der Waals surface area contributed by atoms with E-state index in [1.165, 1.54) is 18.2 Å². The quantitative estimate of drug-likeness (QED) is 0.226. The van der Waals surface area contributed by atoms with Crippen LogP contribution in [0.4, 0.5) is 4.39 Å². The third kappa shape index (κ3) is 5.17. The van der Waals surface area contributed by atoms with Gasteiger partial charge in [0.1, 0.15) is 5.82 Å². The number of carbonyl (C=O) groups excluding carboxylic acids is 1. The molecular formula is C34H26FN3O3. The van der Waals surface area contributed by atoms with Gasteiger partial charge in [-0.3, -0.25) is 4.79 Å². The molecule has 0 bridgehead atoms. The number of halogens is 1. The van der Waals surface area contributed by atoms with Gasteiger partial charge in [0.05, 0.1) is 34.7 Å². The molecule has 0 spiro atoms. The molecule has 0 aliphatic carbocycles. The summed E-state index contributed by atoms with van der Waals surface area (Å²) < 4.78 is 16.1. The molecule has 6 nitrogen and oxygen atoms in total. The standard InChI is InChI=1S/C34H26FN3O3/c1-21(23-11-13-25(14-12-23)34(40)41)37-33(39)29-18-27(24-6-3-2-4-7-24)19-38-20-36-31(32(29)38)17-22-10-15-28-26(16-22)8-5-9-30(28)35/h2-16,18-21H,17H2,1H3,(H,37,39)(H,40,41)/t21-/m0/s1. The van der Waals surface area contributed by atoms with Crippen molar-refractivity contribution in [3.05, 3.63) is 143 Å². The number of benzene rings is 4. The fraction of sp³-hybridized carbons (Fsp3) is 0.0882. The predicted octanol–water partition coefficient (Wildman–Crippen LogP) is 7.07. The van der Waals surface area contributed by atoms with Gasteiger partial charge in [0.25, 0.3) is 5.91 Å². The van der Waals surface area contributed by atoms with Crippen LogP contribution in [0.2, 0.25) is 0 Å². The Labute approximate surface area is 235 Å². The average Bonchev–Trinajstić information content (AvgIpc) is 3.39. The molecule has 1 amide bonds. The Bertz CT molecular complexity index is 1910. The van der Waals surface area contributed by atoms with Gasteiger partial charge in [-0.1, -0.05) is 72.8 Å². The van der Waals surface area contributed by atoms with Crippen molar-refractivity contribution in [3.8, 4) is 11.1 Å². The van der Waals surface area contributed by atoms with Crippen molar-refractivity contribution in [2.24, 2.45) is 0 Å². The van der Waals surface area contributed by atoms with E-state index in [2.05, 4.69) is 10.3 Å². The first-order chi connectivity index (χ1) is 19.9. The number of amides is 1. The number of aromatic carboxylic acids is 1. The number of fused-ring (bicyclic) bond motifs is 2. The normalized spacial score (nSPS) is 12.0. The molecular weight excluding hydrogens is 517 g/mol. The minimum atomic E-state index is -1.00. The summed E-state index contributed by atoms with van der Waals surface area (Å²) in [5, 5.41) is 13.6. The smallest absolute Gasteiger partial charge is 0.335 e. The van der Waals surface area contributed by atoms with Crippen LogP contribution in [0.3, 0.4) is 0 Å². The van der Waals surface area contributed by atoms with Crippen molar-refractivity contribution in [2.75, 3.05) is 0 Å². The largest absolute Gasteiger partial charge is 0.478 e. The Morgan fingerprint density at radius 3 is 2.46 bits per heavy atom. The zero-order valence-corrected chi connectivity index (χ0v) is 22.2. The second-order valence-corrected chi connectivity index (χ2v) is 10.1. The van der Waals surface area contributed by atoms with E-state index in [0.29, 0.717) is 22.9 Å². The van der Waals surface area contributed by atoms with Crippen LogP contribution in [0.1, 0.15) is 50.5 Å². The van der Waals surface area contributed by atoms with Gasteiger partial charge < -0.3 is 14.8 Å². The topological polar surface area (TPSA) is 83.7 Å². The van der Waals surface area contributed by atoms with Crippen molar-refractivity contribution in [1.29, 1.82) is 0 Å². The van der Waals surface area contributed by atoms with Crippen LogP contribution in [0.25, 0.3) is 27.4 Å². The van der Waals surface area contributed by atoms with Crippen molar-refractivity contribution in [2.45, 2.75) is 19.4 Å². The van der Waals surface area contributed by atoms with Crippen molar-refractivity contribution in [1.82, 2.24) is 14.7 Å². The molecule has 202 valence electrons. The number of hydrogen-bond acceptors (Lipinski definition) is 3. The zero-order chi connectivity index (χ0) is 28.5. The van der Waals surface area contributed by atoms with Crippen molar-refractivity contribution >= 4 is 28.2 Å². The third-order valence-electron chi connectivity index (χ3n) is 7.32. The summed E-state index contributed by atoms with van der Waals surface area (Å²) >= 11 is 0. The van der Waals surface area contributed by atoms with E-state index in [0.717, 1.165) is 33.3 Å². The summed E-state index contributed by atoms with van der Waals surface area (Å²) in [5.41, 5.74) is 5.65. The number of carboxylic acid groups (broad SMARTS) is 1. The Hall–Kier alpha value is -5.30. The molecule has 2 heterocycles. The Kier molecular flexibility index (Phi) is 6.77. The molecule has 0 saturated heterocycles. The molecule has 41 heavy (non-hydrogen) atoms. The number of rotatable bonds is 7. The molecule has 0 fully saturated rings. The van der Waals surface area contributed by atoms with Gasteiger partial charge in [0, 0.05) is 18.0 Å². The Morgan fingerprint density at radius 1 is 0.927 bits per heavy atom. The SMILES string of the molecule is C[C@H](NC(=O)c1cc(-c2ccccc2)cn2cnc(Cc3ccc4c(F)cccc4c3)c12)c1ccc(C(=O)O)cc1. The summed E-state index contributed by atoms with van der Waals surface area (Å²) in [6.07, 6.45) is 4.13. The molecule has 0 saturated carbocycles. The maximum absolute atomic E-state index is 14.2. The predicted molar refractivity (Wildman–Crippen MR) is 157 cm³/mol. The second-order valence-electron chi connectivity index (χ2n) is 10.1. The van der Waals surface area contributed by atoms with Crippen molar-refractivity contribution in [3.63, 3.8) is 0 Å². The molecule has 0 unspecified atom stereocenters. The van der Waals surface area contributed by atoms with E-state index < -0.39 is 5.97 Å². The van der Waals surface area contributed by atoms with Crippen LogP contribution in [-0.4, -0.2) is 26.4 Å². The molecule has 6 aromatic rings. The number of nitrogens with one attached hydrogen (secondary N) is 1. The van der Waals surface area contributed by atoms with Gasteiger partial charge in [-0.05, 0) is 58.8 Å². The molecule has 1 atom stereocenters. The average molecular weight is 544 g/mol. The minimum absolute atomic E-state index is 0.185. The van der Waals surface area contributed by atoms with Gasteiger partial charge in [0.15, 0.2) is 0 Å². The molecule has 6 rings (SSSR count). The third-order valence-corrected chi connectivity index (χ3v) is 7.32. The van der Waals surface area contributed by atoms with Gasteiger partial charge in [-0.15, -0.1) is 0 Å². The summed E-state index contributed by atoms with van der Waals surface area (Å²) in [6, 6.07) is 28.4. The number of hydrogen-bond donors (Lipinski definition) is 2. The molecule has 7 heteroatoms. The van der Waals surface area contributed by atoms with E-state index in [9.17, 15) is 19.1 Å². The maximum atomic E-state index is 14.2. The highest BCUT2D eigenvalue weighted by Crippen LogP contribution is 2.28. The van der Waals surface area contributed by atoms with Gasteiger partial charge in [-0.2, -0.15) is 0 Å². The fourth-order valence-corrected chi connectivity index (χ4v) is 5.16. The Morgan fingerprint density at radius 2 is 1.71 bits per heavy atom. The van der Waals surface area contributed by atoms with Crippen LogP contribution < -0.4 is 5.32 Å². The number of nitrogens with zero attached hydrogens (tertiary/aromatic N) is 2. The van der Waals surface area contributed by atoms with E-state index in [-0.39, 0.29) is 23.3 Å². The number of carbonyl (C=O) groups is 2. The maximum Gasteiger partial charge on any atom is 0.335 e. The zero-order valence-electron chi connectivity index (χ0n) is 22.2. The number of carboxylic acids is 1. The summed E-state index contributed by atoms with van der Waals surface area (Å²) in [4.78, 5) is 29.8. The Balaban J connectivity index is 1.39. The molecule has 2 aromatic heterocycles. The van der Waals surface area contributed by atoms with Gasteiger partial charge in [-0.25, -0.2) is 14.2 Å².